The first kappa shape index (κ1) is 12.5. The van der Waals surface area contributed by atoms with Crippen LogP contribution in [0.15, 0.2) is 30.3 Å². The summed E-state index contributed by atoms with van der Waals surface area (Å²) in [4.78, 5) is 18.2. The zero-order valence-corrected chi connectivity index (χ0v) is 11.7. The van der Waals surface area contributed by atoms with Gasteiger partial charge in [0.05, 0.1) is 11.1 Å². The zero-order chi connectivity index (χ0) is 13.2. The Morgan fingerprint density at radius 2 is 2.26 bits per heavy atom. The molecule has 1 aliphatic heterocycles. The van der Waals surface area contributed by atoms with Gasteiger partial charge in [-0.05, 0) is 24.3 Å². The van der Waals surface area contributed by atoms with E-state index in [1.807, 2.05) is 49.1 Å². The Hall–Kier alpha value is -1.55. The lowest BCUT2D eigenvalue weighted by molar-refractivity contribution is 0.112. The molecule has 0 saturated carbocycles. The van der Waals surface area contributed by atoms with Crippen LogP contribution < -0.4 is 4.90 Å². The van der Waals surface area contributed by atoms with Crippen molar-refractivity contribution in [1.29, 1.82) is 0 Å². The first-order chi connectivity index (χ1) is 9.29. The van der Waals surface area contributed by atoms with E-state index in [-0.39, 0.29) is 0 Å². The van der Waals surface area contributed by atoms with Crippen LogP contribution in [0.2, 0.25) is 0 Å². The SMILES string of the molecule is CN(c1nc2ccccc2cc1C=O)C1CCSC1. The van der Waals surface area contributed by atoms with E-state index in [2.05, 4.69) is 9.88 Å². The van der Waals surface area contributed by atoms with Crippen LogP contribution in [0.25, 0.3) is 10.9 Å². The molecule has 0 amide bonds. The highest BCUT2D eigenvalue weighted by Crippen LogP contribution is 2.28. The van der Waals surface area contributed by atoms with Crippen molar-refractivity contribution in [3.63, 3.8) is 0 Å². The number of fused-ring (bicyclic) bond motifs is 1. The fourth-order valence-electron chi connectivity index (χ4n) is 2.49. The highest BCUT2D eigenvalue weighted by atomic mass is 32.2. The maximum Gasteiger partial charge on any atom is 0.153 e. The van der Waals surface area contributed by atoms with E-state index in [0.29, 0.717) is 11.6 Å². The minimum Gasteiger partial charge on any atom is -0.355 e. The van der Waals surface area contributed by atoms with Gasteiger partial charge in [-0.3, -0.25) is 4.79 Å². The van der Waals surface area contributed by atoms with E-state index in [1.165, 1.54) is 5.75 Å². The zero-order valence-electron chi connectivity index (χ0n) is 10.9. The highest BCUT2D eigenvalue weighted by molar-refractivity contribution is 7.99. The molecular formula is C15H16N2OS. The molecule has 0 N–H and O–H groups in total. The highest BCUT2D eigenvalue weighted by Gasteiger charge is 2.23. The fraction of sp³-hybridized carbons (Fsp3) is 0.333. The standard InChI is InChI=1S/C15H16N2OS/c1-17(13-6-7-19-10-13)15-12(9-18)8-11-4-2-3-5-14(11)16-15/h2-5,8-9,13H,6-7,10H2,1H3. The average Bonchev–Trinajstić information content (AvgIpc) is 2.99. The third-order valence-corrected chi connectivity index (χ3v) is 4.79. The van der Waals surface area contributed by atoms with Crippen LogP contribution in [0.5, 0.6) is 0 Å². The maximum atomic E-state index is 11.3. The second kappa shape index (κ2) is 5.21. The third-order valence-electron chi connectivity index (χ3n) is 3.65. The van der Waals surface area contributed by atoms with E-state index >= 15 is 0 Å². The lowest BCUT2D eigenvalue weighted by Crippen LogP contribution is -2.32. The van der Waals surface area contributed by atoms with Gasteiger partial charge in [0.15, 0.2) is 6.29 Å². The van der Waals surface area contributed by atoms with Gasteiger partial charge >= 0.3 is 0 Å². The molecule has 2 heterocycles. The molecule has 3 rings (SSSR count). The van der Waals surface area contributed by atoms with Gasteiger partial charge in [-0.2, -0.15) is 11.8 Å². The Labute approximate surface area is 117 Å². The van der Waals surface area contributed by atoms with Gasteiger partial charge in [0, 0.05) is 24.2 Å². The van der Waals surface area contributed by atoms with Crippen LogP contribution in [0.3, 0.4) is 0 Å². The lowest BCUT2D eigenvalue weighted by Gasteiger charge is -2.26. The van der Waals surface area contributed by atoms with E-state index < -0.39 is 0 Å². The number of carbonyl (C=O) groups excluding carboxylic acids is 1. The van der Waals surface area contributed by atoms with Crippen molar-refractivity contribution in [2.24, 2.45) is 0 Å². The van der Waals surface area contributed by atoms with Crippen molar-refractivity contribution < 1.29 is 4.79 Å². The predicted molar refractivity (Wildman–Crippen MR) is 81.3 cm³/mol. The number of thioether (sulfide) groups is 1. The summed E-state index contributed by atoms with van der Waals surface area (Å²) < 4.78 is 0. The van der Waals surface area contributed by atoms with E-state index in [0.717, 1.165) is 35.2 Å². The van der Waals surface area contributed by atoms with Gasteiger partial charge in [-0.1, -0.05) is 18.2 Å². The number of anilines is 1. The van der Waals surface area contributed by atoms with Crippen molar-refractivity contribution >= 4 is 34.8 Å². The Morgan fingerprint density at radius 3 is 3.00 bits per heavy atom. The molecule has 1 saturated heterocycles. The van der Waals surface area contributed by atoms with Crippen LogP contribution in [0.1, 0.15) is 16.8 Å². The number of hydrogen-bond acceptors (Lipinski definition) is 4. The van der Waals surface area contributed by atoms with E-state index in [4.69, 9.17) is 0 Å². The summed E-state index contributed by atoms with van der Waals surface area (Å²) in [6.45, 7) is 0. The molecule has 0 spiro atoms. The molecule has 0 radical (unpaired) electrons. The largest absolute Gasteiger partial charge is 0.355 e. The molecule has 1 aromatic heterocycles. The topological polar surface area (TPSA) is 33.2 Å². The Morgan fingerprint density at radius 1 is 1.42 bits per heavy atom. The number of nitrogens with zero attached hydrogens (tertiary/aromatic N) is 2. The Balaban J connectivity index is 2.07. The smallest absolute Gasteiger partial charge is 0.153 e. The van der Waals surface area contributed by atoms with Crippen molar-refractivity contribution in [3.05, 3.63) is 35.9 Å². The molecule has 1 aromatic carbocycles. The summed E-state index contributed by atoms with van der Waals surface area (Å²) in [6.07, 6.45) is 2.07. The van der Waals surface area contributed by atoms with Gasteiger partial charge in [0.25, 0.3) is 0 Å². The van der Waals surface area contributed by atoms with Crippen LogP contribution in [0.4, 0.5) is 5.82 Å². The van der Waals surface area contributed by atoms with Crippen LogP contribution >= 0.6 is 11.8 Å². The molecule has 1 aliphatic rings. The molecule has 1 unspecified atom stereocenters. The quantitative estimate of drug-likeness (QED) is 0.804. The Bertz CT molecular complexity index is 608. The molecular weight excluding hydrogens is 256 g/mol. The van der Waals surface area contributed by atoms with Gasteiger partial charge in [-0.25, -0.2) is 4.98 Å². The molecule has 98 valence electrons. The first-order valence-electron chi connectivity index (χ1n) is 6.45. The minimum atomic E-state index is 0.484. The van der Waals surface area contributed by atoms with Crippen LogP contribution in [-0.2, 0) is 0 Å². The summed E-state index contributed by atoms with van der Waals surface area (Å²) in [7, 11) is 2.04. The number of carbonyl (C=O) groups is 1. The van der Waals surface area contributed by atoms with Gasteiger partial charge in [0.1, 0.15) is 5.82 Å². The number of aromatic nitrogens is 1. The van der Waals surface area contributed by atoms with Crippen molar-refractivity contribution in [1.82, 2.24) is 4.98 Å². The summed E-state index contributed by atoms with van der Waals surface area (Å²) in [5.74, 6) is 3.11. The van der Waals surface area contributed by atoms with E-state index in [1.54, 1.807) is 0 Å². The van der Waals surface area contributed by atoms with E-state index in [9.17, 15) is 4.79 Å². The predicted octanol–water partition coefficient (Wildman–Crippen LogP) is 2.99. The number of aldehydes is 1. The molecule has 4 heteroatoms. The molecule has 0 bridgehead atoms. The summed E-state index contributed by atoms with van der Waals surface area (Å²) in [5.41, 5.74) is 1.62. The molecule has 1 atom stereocenters. The van der Waals surface area contributed by atoms with Crippen molar-refractivity contribution in [2.75, 3.05) is 23.5 Å². The first-order valence-corrected chi connectivity index (χ1v) is 7.60. The monoisotopic (exact) mass is 272 g/mol. The summed E-state index contributed by atoms with van der Waals surface area (Å²) in [6, 6.07) is 10.3. The molecule has 19 heavy (non-hydrogen) atoms. The van der Waals surface area contributed by atoms with Crippen LogP contribution in [-0.4, -0.2) is 35.9 Å². The summed E-state index contributed by atoms with van der Waals surface area (Å²) >= 11 is 1.96. The second-order valence-corrected chi connectivity index (χ2v) is 5.99. The van der Waals surface area contributed by atoms with Crippen molar-refractivity contribution in [3.8, 4) is 0 Å². The summed E-state index contributed by atoms with van der Waals surface area (Å²) in [5, 5.41) is 1.02. The minimum absolute atomic E-state index is 0.484. The Kier molecular flexibility index (Phi) is 3.42. The van der Waals surface area contributed by atoms with Crippen LogP contribution in [0, 0.1) is 0 Å². The van der Waals surface area contributed by atoms with Gasteiger partial charge < -0.3 is 4.90 Å². The maximum absolute atomic E-state index is 11.3. The number of benzene rings is 1. The second-order valence-electron chi connectivity index (χ2n) is 4.84. The average molecular weight is 272 g/mol. The van der Waals surface area contributed by atoms with Gasteiger partial charge in [-0.15, -0.1) is 0 Å². The number of rotatable bonds is 3. The fourth-order valence-corrected chi connectivity index (χ4v) is 3.76. The number of pyridine rings is 1. The van der Waals surface area contributed by atoms with Crippen molar-refractivity contribution in [2.45, 2.75) is 12.5 Å². The molecule has 0 aliphatic carbocycles. The number of hydrogen-bond donors (Lipinski definition) is 0. The third kappa shape index (κ3) is 2.32. The molecule has 1 fully saturated rings. The lowest BCUT2D eigenvalue weighted by atomic mass is 10.1. The normalized spacial score (nSPS) is 18.7. The van der Waals surface area contributed by atoms with Gasteiger partial charge in [0.2, 0.25) is 0 Å². The molecule has 3 nitrogen and oxygen atoms in total. The number of para-hydroxylation sites is 1. The molecule has 2 aromatic rings.